The van der Waals surface area contributed by atoms with Crippen molar-refractivity contribution in [1.29, 1.82) is 0 Å². The number of esters is 1. The molecule has 0 aromatic heterocycles. The van der Waals surface area contributed by atoms with Gasteiger partial charge >= 0.3 is 11.9 Å². The van der Waals surface area contributed by atoms with Gasteiger partial charge in [0.25, 0.3) is 0 Å². The normalized spacial score (nSPS) is 26.8. The molecule has 2 atom stereocenters. The Balaban J connectivity index is 2.68. The molecule has 1 aliphatic heterocycles. The average molecular weight is 244 g/mol. The third kappa shape index (κ3) is 2.95. The molecule has 17 heavy (non-hydrogen) atoms. The van der Waals surface area contributed by atoms with Crippen molar-refractivity contribution in [1.82, 2.24) is 4.90 Å². The summed E-state index contributed by atoms with van der Waals surface area (Å²) in [5.41, 5.74) is 4.53. The van der Waals surface area contributed by atoms with Crippen molar-refractivity contribution in [3.05, 3.63) is 0 Å². The Morgan fingerprint density at radius 3 is 2.59 bits per heavy atom. The Bertz CT molecular complexity index is 308. The maximum Gasteiger partial charge on any atom is 0.325 e. The fourth-order valence-electron chi connectivity index (χ4n) is 2.12. The molecule has 0 aromatic carbocycles. The van der Waals surface area contributed by atoms with Crippen LogP contribution < -0.4 is 5.73 Å². The molecule has 2 unspecified atom stereocenters. The van der Waals surface area contributed by atoms with Crippen molar-refractivity contribution in [2.24, 2.45) is 5.73 Å². The molecule has 0 radical (unpaired) electrons. The number of nitrogens with two attached hydrogens (primary N) is 1. The largest absolute Gasteiger partial charge is 0.480 e. The smallest absolute Gasteiger partial charge is 0.325 e. The fourth-order valence-corrected chi connectivity index (χ4v) is 2.12. The van der Waals surface area contributed by atoms with Crippen molar-refractivity contribution in [2.75, 3.05) is 19.7 Å². The number of aliphatic carboxylic acids is 1. The number of likely N-dealkylation sites (tertiary alicyclic amines) is 1. The van der Waals surface area contributed by atoms with E-state index in [0.29, 0.717) is 26.0 Å². The number of rotatable bonds is 5. The standard InChI is InChI=1S/C11H20N2O4/c1-3-8(9(14)17-4-2)13-6-5-11(12,7-13)10(15)16/h8H,3-7,12H2,1-2H3,(H,15,16). The van der Waals surface area contributed by atoms with Gasteiger partial charge in [-0.25, -0.2) is 0 Å². The Kier molecular flexibility index (Phi) is 4.47. The first-order chi connectivity index (χ1) is 7.94. The molecule has 1 aliphatic rings. The quantitative estimate of drug-likeness (QED) is 0.651. The van der Waals surface area contributed by atoms with Gasteiger partial charge in [-0.15, -0.1) is 0 Å². The molecule has 0 bridgehead atoms. The summed E-state index contributed by atoms with van der Waals surface area (Å²) < 4.78 is 4.97. The molecule has 1 heterocycles. The molecule has 6 heteroatoms. The molecule has 0 aliphatic carbocycles. The first-order valence-corrected chi connectivity index (χ1v) is 5.87. The Morgan fingerprint density at radius 1 is 1.53 bits per heavy atom. The number of ether oxygens (including phenoxy) is 1. The van der Waals surface area contributed by atoms with Gasteiger partial charge in [0.1, 0.15) is 11.6 Å². The van der Waals surface area contributed by atoms with Crippen molar-refractivity contribution >= 4 is 11.9 Å². The maximum atomic E-state index is 11.7. The molecule has 6 nitrogen and oxygen atoms in total. The zero-order valence-electron chi connectivity index (χ0n) is 10.3. The lowest BCUT2D eigenvalue weighted by Gasteiger charge is -2.26. The first kappa shape index (κ1) is 13.9. The van der Waals surface area contributed by atoms with Crippen LogP contribution in [0.5, 0.6) is 0 Å². The van der Waals surface area contributed by atoms with Crippen LogP contribution in [0.4, 0.5) is 0 Å². The van der Waals surface area contributed by atoms with E-state index in [2.05, 4.69) is 0 Å². The minimum absolute atomic E-state index is 0.194. The summed E-state index contributed by atoms with van der Waals surface area (Å²) in [6.45, 7) is 4.66. The fraction of sp³-hybridized carbons (Fsp3) is 0.818. The predicted molar refractivity (Wildman–Crippen MR) is 61.5 cm³/mol. The summed E-state index contributed by atoms with van der Waals surface area (Å²) in [6.07, 6.45) is 0.951. The van der Waals surface area contributed by atoms with Gasteiger partial charge in [0, 0.05) is 13.1 Å². The number of hydrogen-bond acceptors (Lipinski definition) is 5. The monoisotopic (exact) mass is 244 g/mol. The van der Waals surface area contributed by atoms with Crippen LogP contribution in [0.25, 0.3) is 0 Å². The molecular formula is C11H20N2O4. The SMILES string of the molecule is CCOC(=O)C(CC)N1CCC(N)(C(=O)O)C1. The molecule has 1 rings (SSSR count). The third-order valence-corrected chi connectivity index (χ3v) is 3.14. The predicted octanol–water partition coefficient (Wildman–Crippen LogP) is -0.184. The topological polar surface area (TPSA) is 92.9 Å². The van der Waals surface area contributed by atoms with Crippen LogP contribution >= 0.6 is 0 Å². The lowest BCUT2D eigenvalue weighted by molar-refractivity contribution is -0.150. The summed E-state index contributed by atoms with van der Waals surface area (Å²) in [6, 6.07) is -0.389. The zero-order chi connectivity index (χ0) is 13.1. The van der Waals surface area contributed by atoms with Crippen LogP contribution in [-0.2, 0) is 14.3 Å². The van der Waals surface area contributed by atoms with Crippen molar-refractivity contribution in [3.8, 4) is 0 Å². The lowest BCUT2D eigenvalue weighted by atomic mass is 10.0. The Morgan fingerprint density at radius 2 is 2.18 bits per heavy atom. The minimum Gasteiger partial charge on any atom is -0.480 e. The highest BCUT2D eigenvalue weighted by Gasteiger charge is 2.44. The van der Waals surface area contributed by atoms with E-state index in [4.69, 9.17) is 15.6 Å². The number of carboxylic acid groups (broad SMARTS) is 1. The first-order valence-electron chi connectivity index (χ1n) is 5.87. The maximum absolute atomic E-state index is 11.7. The van der Waals surface area contributed by atoms with Crippen LogP contribution in [0.15, 0.2) is 0 Å². The molecule has 98 valence electrons. The van der Waals surface area contributed by atoms with Gasteiger partial charge in [-0.2, -0.15) is 0 Å². The van der Waals surface area contributed by atoms with Crippen molar-refractivity contribution in [3.63, 3.8) is 0 Å². The van der Waals surface area contributed by atoms with E-state index >= 15 is 0 Å². The molecule has 3 N–H and O–H groups in total. The van der Waals surface area contributed by atoms with Gasteiger partial charge in [-0.3, -0.25) is 14.5 Å². The summed E-state index contributed by atoms with van der Waals surface area (Å²) >= 11 is 0. The van der Waals surface area contributed by atoms with Crippen LogP contribution in [-0.4, -0.2) is 53.2 Å². The van der Waals surface area contributed by atoms with Gasteiger partial charge in [0.2, 0.25) is 0 Å². The van der Waals surface area contributed by atoms with Crippen LogP contribution in [0.1, 0.15) is 26.7 Å². The van der Waals surface area contributed by atoms with Crippen LogP contribution in [0.2, 0.25) is 0 Å². The Labute approximate surface area is 101 Å². The number of hydrogen-bond donors (Lipinski definition) is 2. The molecule has 1 fully saturated rings. The summed E-state index contributed by atoms with van der Waals surface area (Å²) in [7, 11) is 0. The summed E-state index contributed by atoms with van der Waals surface area (Å²) in [5.74, 6) is -1.32. The lowest BCUT2D eigenvalue weighted by Crippen LogP contribution is -2.52. The highest BCUT2D eigenvalue weighted by molar-refractivity contribution is 5.80. The van der Waals surface area contributed by atoms with Gasteiger partial charge in [0.05, 0.1) is 6.61 Å². The van der Waals surface area contributed by atoms with Gasteiger partial charge < -0.3 is 15.6 Å². The van der Waals surface area contributed by atoms with Crippen molar-refractivity contribution < 1.29 is 19.4 Å². The van der Waals surface area contributed by atoms with Crippen molar-refractivity contribution in [2.45, 2.75) is 38.3 Å². The van der Waals surface area contributed by atoms with Gasteiger partial charge in [-0.05, 0) is 19.8 Å². The average Bonchev–Trinajstić information content (AvgIpc) is 2.64. The number of carbonyl (C=O) groups is 2. The third-order valence-electron chi connectivity index (χ3n) is 3.14. The Hall–Kier alpha value is -1.14. The molecule has 0 spiro atoms. The number of carbonyl (C=O) groups excluding carboxylic acids is 1. The molecular weight excluding hydrogens is 224 g/mol. The number of carboxylic acids is 1. The molecule has 1 saturated heterocycles. The zero-order valence-corrected chi connectivity index (χ0v) is 10.3. The van der Waals surface area contributed by atoms with E-state index in [0.717, 1.165) is 0 Å². The molecule has 0 saturated carbocycles. The van der Waals surface area contributed by atoms with Crippen LogP contribution in [0, 0.1) is 0 Å². The highest BCUT2D eigenvalue weighted by Crippen LogP contribution is 2.22. The van der Waals surface area contributed by atoms with E-state index < -0.39 is 11.5 Å². The van der Waals surface area contributed by atoms with E-state index in [-0.39, 0.29) is 18.6 Å². The van der Waals surface area contributed by atoms with E-state index in [1.165, 1.54) is 0 Å². The molecule has 0 amide bonds. The number of nitrogens with zero attached hydrogens (tertiary/aromatic N) is 1. The van der Waals surface area contributed by atoms with Crippen LogP contribution in [0.3, 0.4) is 0 Å². The summed E-state index contributed by atoms with van der Waals surface area (Å²) in [5, 5.41) is 9.02. The van der Waals surface area contributed by atoms with E-state index in [1.807, 2.05) is 6.92 Å². The minimum atomic E-state index is -1.24. The second-order valence-electron chi connectivity index (χ2n) is 4.36. The van der Waals surface area contributed by atoms with E-state index in [9.17, 15) is 9.59 Å². The van der Waals surface area contributed by atoms with Gasteiger partial charge in [0.15, 0.2) is 0 Å². The van der Waals surface area contributed by atoms with E-state index in [1.54, 1.807) is 11.8 Å². The second kappa shape index (κ2) is 5.46. The second-order valence-corrected chi connectivity index (χ2v) is 4.36. The van der Waals surface area contributed by atoms with Gasteiger partial charge in [-0.1, -0.05) is 6.92 Å². The molecule has 0 aromatic rings. The highest BCUT2D eigenvalue weighted by atomic mass is 16.5. The summed E-state index contributed by atoms with van der Waals surface area (Å²) in [4.78, 5) is 24.5.